The van der Waals surface area contributed by atoms with Crippen LogP contribution in [-0.2, 0) is 22.4 Å². The quantitative estimate of drug-likeness (QED) is 0.0892. The molecule has 0 spiro atoms. The fourth-order valence-corrected chi connectivity index (χ4v) is 9.47. The Bertz CT molecular complexity index is 2480. The summed E-state index contributed by atoms with van der Waals surface area (Å²) < 4.78 is 0. The third-order valence-electron chi connectivity index (χ3n) is 10.4. The average Bonchev–Trinajstić information content (AvgIpc) is 3.59. The third kappa shape index (κ3) is 9.66. The van der Waals surface area contributed by atoms with Gasteiger partial charge in [0.2, 0.25) is 5.91 Å². The Morgan fingerprint density at radius 3 is 2.14 bits per heavy atom. The lowest BCUT2D eigenvalue weighted by Crippen LogP contribution is -2.30. The van der Waals surface area contributed by atoms with Crippen LogP contribution in [-0.4, -0.2) is 17.7 Å². The van der Waals surface area contributed by atoms with Crippen LogP contribution in [0.4, 0.5) is 10.7 Å². The highest BCUT2D eigenvalue weighted by atomic mass is 32.2. The van der Waals surface area contributed by atoms with Crippen LogP contribution in [0.5, 0.6) is 0 Å². The highest BCUT2D eigenvalue weighted by molar-refractivity contribution is 8.00. The van der Waals surface area contributed by atoms with Crippen LogP contribution in [0.15, 0.2) is 150 Å². The third-order valence-corrected chi connectivity index (χ3v) is 12.8. The van der Waals surface area contributed by atoms with E-state index in [0.29, 0.717) is 27.7 Å². The molecule has 58 heavy (non-hydrogen) atoms. The molecule has 3 N–H and O–H groups in total. The molecule has 2 atom stereocenters. The molecule has 0 radical (unpaired) electrons. The molecule has 2 unspecified atom stereocenters. The second kappa shape index (κ2) is 17.9. The standard InChI is InChI=1S/C49H44N4O3S2/c1-49(2,3)37-26-27-40-41(31-50)48(58-43(40)29-37)53-47(56)44(35-16-9-5-10-17-35)57-39-21-13-20-38(30-39)51-46(55)42(52-45(54)36-18-11-6-12-19-36)28-32-22-24-34(25-23-32)33-14-7-4-8-15-33/h4-25,28,30,37,44H,26-27,29H2,1-3H3,(H,51,55)(H,52,54)(H,53,56)/b42-28+. The molecule has 1 heterocycles. The molecule has 0 fully saturated rings. The van der Waals surface area contributed by atoms with Crippen LogP contribution in [0.2, 0.25) is 0 Å². The Kier molecular flexibility index (Phi) is 12.4. The number of nitrogens with zero attached hydrogens (tertiary/aromatic N) is 1. The van der Waals surface area contributed by atoms with Gasteiger partial charge in [0.1, 0.15) is 22.0 Å². The fraction of sp³-hybridized carbons (Fsp3) is 0.184. The number of rotatable bonds is 11. The van der Waals surface area contributed by atoms with E-state index < -0.39 is 17.1 Å². The lowest BCUT2D eigenvalue weighted by atomic mass is 9.72. The number of thiophene rings is 1. The summed E-state index contributed by atoms with van der Waals surface area (Å²) in [5.41, 5.74) is 6.42. The van der Waals surface area contributed by atoms with Crippen LogP contribution in [0.25, 0.3) is 17.2 Å². The van der Waals surface area contributed by atoms with Gasteiger partial charge in [0.15, 0.2) is 0 Å². The topological polar surface area (TPSA) is 111 Å². The first-order valence-corrected chi connectivity index (χ1v) is 21.0. The van der Waals surface area contributed by atoms with Crippen molar-refractivity contribution in [2.75, 3.05) is 10.6 Å². The van der Waals surface area contributed by atoms with Gasteiger partial charge in [0.05, 0.1) is 5.56 Å². The maximum absolute atomic E-state index is 14.2. The zero-order chi connectivity index (χ0) is 40.6. The number of nitriles is 1. The second-order valence-electron chi connectivity index (χ2n) is 15.4. The molecule has 0 saturated heterocycles. The number of anilines is 2. The van der Waals surface area contributed by atoms with Crippen molar-refractivity contribution in [2.24, 2.45) is 11.3 Å². The molecule has 9 heteroatoms. The molecule has 0 bridgehead atoms. The van der Waals surface area contributed by atoms with Crippen LogP contribution in [0.1, 0.15) is 69.9 Å². The maximum atomic E-state index is 14.2. The number of benzene rings is 5. The van der Waals surface area contributed by atoms with E-state index in [1.54, 1.807) is 36.4 Å². The molecule has 6 aromatic rings. The number of fused-ring (bicyclic) bond motifs is 1. The number of hydrogen-bond donors (Lipinski definition) is 3. The normalized spacial score (nSPS) is 14.4. The molecule has 1 aromatic heterocycles. The van der Waals surface area contributed by atoms with Gasteiger partial charge >= 0.3 is 0 Å². The zero-order valence-corrected chi connectivity index (χ0v) is 34.3. The first-order chi connectivity index (χ1) is 28.1. The van der Waals surface area contributed by atoms with Gasteiger partial charge in [-0.05, 0) is 94.8 Å². The predicted octanol–water partition coefficient (Wildman–Crippen LogP) is 11.3. The van der Waals surface area contributed by atoms with Crippen molar-refractivity contribution in [2.45, 2.75) is 50.2 Å². The minimum atomic E-state index is -0.653. The summed E-state index contributed by atoms with van der Waals surface area (Å²) in [6, 6.07) is 45.7. The number of hydrogen-bond acceptors (Lipinski definition) is 6. The highest BCUT2D eigenvalue weighted by Gasteiger charge is 2.33. The summed E-state index contributed by atoms with van der Waals surface area (Å²) in [4.78, 5) is 43.4. The summed E-state index contributed by atoms with van der Waals surface area (Å²) in [6.45, 7) is 6.79. The molecular weight excluding hydrogens is 757 g/mol. The van der Waals surface area contributed by atoms with Crippen molar-refractivity contribution < 1.29 is 14.4 Å². The first kappa shape index (κ1) is 40.0. The summed E-state index contributed by atoms with van der Waals surface area (Å²) in [5.74, 6) is -0.646. The van der Waals surface area contributed by atoms with Crippen LogP contribution < -0.4 is 16.0 Å². The molecule has 3 amide bonds. The smallest absolute Gasteiger partial charge is 0.272 e. The van der Waals surface area contributed by atoms with Crippen molar-refractivity contribution in [3.63, 3.8) is 0 Å². The van der Waals surface area contributed by atoms with E-state index in [-0.39, 0.29) is 17.0 Å². The van der Waals surface area contributed by atoms with E-state index in [2.05, 4.69) is 42.8 Å². The first-order valence-electron chi connectivity index (χ1n) is 19.3. The molecule has 290 valence electrons. The van der Waals surface area contributed by atoms with Gasteiger partial charge in [-0.2, -0.15) is 5.26 Å². The molecule has 7 rings (SSSR count). The lowest BCUT2D eigenvalue weighted by molar-refractivity contribution is -0.116. The van der Waals surface area contributed by atoms with Crippen molar-refractivity contribution in [1.29, 1.82) is 5.26 Å². The number of carbonyl (C=O) groups is 3. The van der Waals surface area contributed by atoms with E-state index in [9.17, 15) is 19.6 Å². The van der Waals surface area contributed by atoms with Gasteiger partial charge in [0.25, 0.3) is 11.8 Å². The Balaban J connectivity index is 1.12. The van der Waals surface area contributed by atoms with Crippen molar-refractivity contribution >= 4 is 57.6 Å². The Labute approximate surface area is 348 Å². The summed E-state index contributed by atoms with van der Waals surface area (Å²) in [7, 11) is 0. The van der Waals surface area contributed by atoms with Crippen LogP contribution >= 0.6 is 23.1 Å². The zero-order valence-electron chi connectivity index (χ0n) is 32.6. The van der Waals surface area contributed by atoms with E-state index in [1.807, 2.05) is 109 Å². The van der Waals surface area contributed by atoms with Crippen molar-refractivity contribution in [3.05, 3.63) is 178 Å². The van der Waals surface area contributed by atoms with Crippen molar-refractivity contribution in [3.8, 4) is 17.2 Å². The molecule has 0 aliphatic heterocycles. The Hall–Kier alpha value is -6.21. The van der Waals surface area contributed by atoms with Gasteiger partial charge < -0.3 is 16.0 Å². The van der Waals surface area contributed by atoms with Gasteiger partial charge in [-0.15, -0.1) is 23.1 Å². The predicted molar refractivity (Wildman–Crippen MR) is 237 cm³/mol. The van der Waals surface area contributed by atoms with Crippen LogP contribution in [0.3, 0.4) is 0 Å². The minimum Gasteiger partial charge on any atom is -0.321 e. The summed E-state index contributed by atoms with van der Waals surface area (Å²) >= 11 is 2.88. The largest absolute Gasteiger partial charge is 0.321 e. The van der Waals surface area contributed by atoms with Gasteiger partial charge in [-0.1, -0.05) is 130 Å². The second-order valence-corrected chi connectivity index (χ2v) is 17.7. The number of nitrogens with one attached hydrogen (secondary N) is 3. The fourth-order valence-electron chi connectivity index (χ4n) is 7.10. The van der Waals surface area contributed by atoms with E-state index in [4.69, 9.17) is 0 Å². The monoisotopic (exact) mass is 800 g/mol. The van der Waals surface area contributed by atoms with Crippen molar-refractivity contribution in [1.82, 2.24) is 5.32 Å². The average molecular weight is 801 g/mol. The molecule has 0 saturated carbocycles. The lowest BCUT2D eigenvalue weighted by Gasteiger charge is -2.33. The number of amides is 3. The summed E-state index contributed by atoms with van der Waals surface area (Å²) in [6.07, 6.45) is 4.40. The highest BCUT2D eigenvalue weighted by Crippen LogP contribution is 2.45. The number of thioether (sulfide) groups is 1. The number of carbonyl (C=O) groups excluding carboxylic acids is 3. The van der Waals surface area contributed by atoms with Gasteiger partial charge in [-0.25, -0.2) is 0 Å². The minimum absolute atomic E-state index is 0.0710. The van der Waals surface area contributed by atoms with Crippen LogP contribution in [0, 0.1) is 22.7 Å². The summed E-state index contributed by atoms with van der Waals surface area (Å²) in [5, 5.41) is 19.1. The van der Waals surface area contributed by atoms with Gasteiger partial charge in [-0.3, -0.25) is 14.4 Å². The Morgan fingerprint density at radius 2 is 1.47 bits per heavy atom. The molecule has 1 aliphatic carbocycles. The molecule has 5 aromatic carbocycles. The maximum Gasteiger partial charge on any atom is 0.272 e. The van der Waals surface area contributed by atoms with Gasteiger partial charge in [0, 0.05) is 21.0 Å². The SMILES string of the molecule is CC(C)(C)C1CCc2c(sc(NC(=O)C(Sc3cccc(NC(=O)/C(=C\c4ccc(-c5ccccc5)cc4)NC(=O)c4ccccc4)c3)c3ccccc3)c2C#N)C1. The Morgan fingerprint density at radius 1 is 0.810 bits per heavy atom. The molecular formula is C49H44N4O3S2. The van der Waals surface area contributed by atoms with E-state index in [0.717, 1.165) is 52.0 Å². The van der Waals surface area contributed by atoms with E-state index in [1.165, 1.54) is 28.0 Å². The molecule has 7 nitrogen and oxygen atoms in total. The molecule has 1 aliphatic rings. The van der Waals surface area contributed by atoms with E-state index >= 15 is 0 Å².